The lowest BCUT2D eigenvalue weighted by molar-refractivity contribution is -2.00. The van der Waals surface area contributed by atoms with E-state index in [9.17, 15) is 4.39 Å². The zero-order valence-electron chi connectivity index (χ0n) is 15.9. The summed E-state index contributed by atoms with van der Waals surface area (Å²) in [5.74, 6) is 0.0375. The van der Waals surface area contributed by atoms with Gasteiger partial charge in [0.05, 0.1) is 12.9 Å². The van der Waals surface area contributed by atoms with Gasteiger partial charge in [0.1, 0.15) is 5.82 Å². The molecular formula is C19H17ClFN5O5. The molecule has 0 saturated carbocycles. The van der Waals surface area contributed by atoms with Crippen LogP contribution in [0.5, 0.6) is 0 Å². The lowest BCUT2D eigenvalue weighted by Crippen LogP contribution is -2.68. The van der Waals surface area contributed by atoms with Crippen molar-refractivity contribution < 1.29 is 42.8 Å². The molecule has 4 rings (SSSR count). The number of fused-ring (bicyclic) bond motifs is 1. The molecule has 31 heavy (non-hydrogen) atoms. The number of hydrogen-bond acceptors (Lipinski definition) is 8. The Balaban J connectivity index is 0.000000491. The van der Waals surface area contributed by atoms with Crippen LogP contribution in [0.3, 0.4) is 0 Å². The molecular weight excluding hydrogens is 433 g/mol. The van der Waals surface area contributed by atoms with Crippen LogP contribution in [0, 0.1) is 16.1 Å². The van der Waals surface area contributed by atoms with E-state index in [0.717, 1.165) is 5.56 Å². The van der Waals surface area contributed by atoms with E-state index < -0.39 is 10.2 Å². The minimum Gasteiger partial charge on any atom is -0.352 e. The summed E-state index contributed by atoms with van der Waals surface area (Å²) < 4.78 is 50.5. The lowest BCUT2D eigenvalue weighted by atomic mass is 10.2. The molecule has 10 nitrogen and oxygen atoms in total. The summed E-state index contributed by atoms with van der Waals surface area (Å²) in [6, 6.07) is 16.3. The highest BCUT2D eigenvalue weighted by Gasteiger charge is 2.18. The van der Waals surface area contributed by atoms with Crippen molar-refractivity contribution in [3.05, 3.63) is 84.2 Å². The molecule has 0 bridgehead atoms. The number of imidazole rings is 1. The first kappa shape index (κ1) is 22.3. The fourth-order valence-corrected chi connectivity index (χ4v) is 2.74. The second-order valence-electron chi connectivity index (χ2n) is 6.27. The maximum Gasteiger partial charge on any atom is 0.289 e. The third kappa shape index (κ3) is 6.57. The number of aromatic nitrogens is 4. The van der Waals surface area contributed by atoms with E-state index in [1.165, 1.54) is 23.2 Å². The Labute approximate surface area is 177 Å². The van der Waals surface area contributed by atoms with E-state index in [2.05, 4.69) is 9.97 Å². The maximum absolute atomic E-state index is 13.3. The Hall–Kier alpha value is -3.35. The first-order chi connectivity index (χ1) is 14.7. The SMILES string of the molecule is Nc1c2ncn(Cc3ccccc3)c2nc[n+]1OCc1cccc(F)c1.[O-][Cl+3]([O-])([O-])[O-]. The first-order valence-corrected chi connectivity index (χ1v) is 9.98. The van der Waals surface area contributed by atoms with Gasteiger partial charge in [0.2, 0.25) is 11.2 Å². The summed E-state index contributed by atoms with van der Waals surface area (Å²) in [7, 11) is -4.94. The van der Waals surface area contributed by atoms with Crippen LogP contribution in [0.1, 0.15) is 11.1 Å². The molecule has 162 valence electrons. The molecule has 0 spiro atoms. The lowest BCUT2D eigenvalue weighted by Gasteiger charge is -2.17. The molecule has 4 aromatic rings. The molecule has 0 aliphatic heterocycles. The molecule has 0 saturated heterocycles. The number of hydrogen-bond donors (Lipinski definition) is 1. The Morgan fingerprint density at radius 1 is 1.00 bits per heavy atom. The van der Waals surface area contributed by atoms with Crippen molar-refractivity contribution >= 4 is 17.0 Å². The van der Waals surface area contributed by atoms with Crippen molar-refractivity contribution in [3.8, 4) is 0 Å². The van der Waals surface area contributed by atoms with Crippen molar-refractivity contribution in [2.45, 2.75) is 13.2 Å². The third-order valence-electron chi connectivity index (χ3n) is 4.03. The van der Waals surface area contributed by atoms with E-state index >= 15 is 0 Å². The Morgan fingerprint density at radius 2 is 1.68 bits per heavy atom. The van der Waals surface area contributed by atoms with Crippen molar-refractivity contribution in [2.24, 2.45) is 0 Å². The summed E-state index contributed by atoms with van der Waals surface area (Å²) in [5, 5.41) is 0. The average Bonchev–Trinajstić information content (AvgIpc) is 3.11. The van der Waals surface area contributed by atoms with Crippen LogP contribution in [0.4, 0.5) is 10.2 Å². The number of nitrogens with zero attached hydrogens (tertiary/aromatic N) is 4. The number of halogens is 2. The second kappa shape index (κ2) is 9.64. The van der Waals surface area contributed by atoms with Crippen LogP contribution in [0.2, 0.25) is 0 Å². The monoisotopic (exact) mass is 449 g/mol. The van der Waals surface area contributed by atoms with E-state index in [4.69, 9.17) is 29.2 Å². The van der Waals surface area contributed by atoms with Crippen molar-refractivity contribution in [1.29, 1.82) is 0 Å². The summed E-state index contributed by atoms with van der Waals surface area (Å²) in [5.41, 5.74) is 9.25. The van der Waals surface area contributed by atoms with Crippen LogP contribution >= 0.6 is 0 Å². The second-order valence-corrected chi connectivity index (χ2v) is 7.02. The number of nitrogen functional groups attached to an aromatic ring is 1. The number of anilines is 1. The highest BCUT2D eigenvalue weighted by molar-refractivity contribution is 5.79. The summed E-state index contributed by atoms with van der Waals surface area (Å²) in [4.78, 5) is 14.4. The van der Waals surface area contributed by atoms with E-state index in [0.29, 0.717) is 29.1 Å². The normalized spacial score (nSPS) is 11.1. The van der Waals surface area contributed by atoms with Crippen molar-refractivity contribution in [1.82, 2.24) is 14.5 Å². The van der Waals surface area contributed by atoms with Crippen LogP contribution in [0.25, 0.3) is 11.2 Å². The molecule has 0 unspecified atom stereocenters. The van der Waals surface area contributed by atoms with Crippen LogP contribution in [-0.2, 0) is 13.2 Å². The van der Waals surface area contributed by atoms with Gasteiger partial charge in [-0.15, -0.1) is 10.2 Å². The smallest absolute Gasteiger partial charge is 0.289 e. The highest BCUT2D eigenvalue weighted by atomic mass is 35.7. The average molecular weight is 450 g/mol. The quantitative estimate of drug-likeness (QED) is 0.323. The molecule has 0 amide bonds. The fourth-order valence-electron chi connectivity index (χ4n) is 2.74. The van der Waals surface area contributed by atoms with Crippen LogP contribution in [0.15, 0.2) is 67.3 Å². The van der Waals surface area contributed by atoms with Gasteiger partial charge in [-0.05, 0) is 23.3 Å². The number of benzene rings is 2. The molecule has 0 aliphatic carbocycles. The largest absolute Gasteiger partial charge is 0.352 e. The van der Waals surface area contributed by atoms with Gasteiger partial charge in [0, 0.05) is 0 Å². The van der Waals surface area contributed by atoms with Crippen molar-refractivity contribution in [3.63, 3.8) is 0 Å². The Morgan fingerprint density at radius 3 is 2.35 bits per heavy atom. The van der Waals surface area contributed by atoms with Gasteiger partial charge in [0.15, 0.2) is 6.61 Å². The van der Waals surface area contributed by atoms with E-state index in [1.54, 1.807) is 18.5 Å². The molecule has 2 N–H and O–H groups in total. The van der Waals surface area contributed by atoms with Crippen LogP contribution in [-0.4, -0.2) is 14.5 Å². The summed E-state index contributed by atoms with van der Waals surface area (Å²) in [6.45, 7) is 0.822. The predicted molar refractivity (Wildman–Crippen MR) is 94.4 cm³/mol. The molecule has 0 fully saturated rings. The Kier molecular flexibility index (Phi) is 6.95. The van der Waals surface area contributed by atoms with Gasteiger partial charge in [-0.1, -0.05) is 52.2 Å². The zero-order valence-corrected chi connectivity index (χ0v) is 16.7. The summed E-state index contributed by atoms with van der Waals surface area (Å²) >= 11 is 0. The molecule has 0 atom stereocenters. The fraction of sp³-hybridized carbons (Fsp3) is 0.105. The zero-order chi connectivity index (χ0) is 22.4. The van der Waals surface area contributed by atoms with Gasteiger partial charge in [0.25, 0.3) is 12.1 Å². The number of nitrogens with two attached hydrogens (primary N) is 1. The molecule has 0 aliphatic rings. The molecule has 2 aromatic carbocycles. The minimum absolute atomic E-state index is 0.171. The Bertz CT molecular complexity index is 1150. The standard InChI is InChI=1S/C19H16FN5O.ClHO4/c20-16-8-4-7-15(9-16)11-26-25-13-23-19-17(18(25)21)22-12-24(19)10-14-5-2-1-3-6-14;2-1(3,4)5/h1-9,12-13,21H,10-11H2;(H,2,3,4,5). The van der Waals surface area contributed by atoms with Gasteiger partial charge < -0.3 is 10.6 Å². The first-order valence-electron chi connectivity index (χ1n) is 8.75. The van der Waals surface area contributed by atoms with Gasteiger partial charge >= 0.3 is 0 Å². The van der Waals surface area contributed by atoms with Crippen LogP contribution < -0.4 is 33.9 Å². The topological polar surface area (TPSA) is 162 Å². The van der Waals surface area contributed by atoms with E-state index in [1.807, 2.05) is 34.9 Å². The maximum atomic E-state index is 13.3. The van der Waals surface area contributed by atoms with E-state index in [-0.39, 0.29) is 12.4 Å². The molecule has 2 aromatic heterocycles. The molecule has 2 heterocycles. The van der Waals surface area contributed by atoms with Gasteiger partial charge in [-0.3, -0.25) is 4.57 Å². The third-order valence-corrected chi connectivity index (χ3v) is 4.03. The summed E-state index contributed by atoms with van der Waals surface area (Å²) in [6.07, 6.45) is 3.21. The minimum atomic E-state index is -4.94. The van der Waals surface area contributed by atoms with Gasteiger partial charge in [-0.2, -0.15) is 0 Å². The van der Waals surface area contributed by atoms with Gasteiger partial charge in [-0.25, -0.2) is 28.0 Å². The molecule has 12 heteroatoms. The number of rotatable bonds is 5. The molecule has 0 radical (unpaired) electrons. The highest BCUT2D eigenvalue weighted by Crippen LogP contribution is 2.15. The predicted octanol–water partition coefficient (Wildman–Crippen LogP) is -2.64. The van der Waals surface area contributed by atoms with Crippen molar-refractivity contribution in [2.75, 3.05) is 5.73 Å².